The zero-order valence-corrected chi connectivity index (χ0v) is 21.5. The molecule has 6 heteroatoms. The van der Waals surface area contributed by atoms with Crippen LogP contribution in [0, 0.1) is 5.92 Å². The van der Waals surface area contributed by atoms with Crippen LogP contribution in [0.2, 0.25) is 0 Å². The fourth-order valence-electron chi connectivity index (χ4n) is 6.68. The first-order valence-electron chi connectivity index (χ1n) is 13.1. The number of rotatable bonds is 7. The molecule has 2 aromatic rings. The highest BCUT2D eigenvalue weighted by Gasteiger charge is 2.55. The lowest BCUT2D eigenvalue weighted by Crippen LogP contribution is -2.57. The Labute approximate surface area is 210 Å². The van der Waals surface area contributed by atoms with Crippen molar-refractivity contribution in [3.63, 3.8) is 0 Å². The Morgan fingerprint density at radius 1 is 0.971 bits per heavy atom. The summed E-state index contributed by atoms with van der Waals surface area (Å²) in [7, 11) is 6.04. The van der Waals surface area contributed by atoms with Crippen LogP contribution in [0.15, 0.2) is 48.5 Å². The van der Waals surface area contributed by atoms with Gasteiger partial charge in [-0.2, -0.15) is 0 Å². The molecule has 2 saturated carbocycles. The molecular weight excluding hydrogens is 438 g/mol. The van der Waals surface area contributed by atoms with Gasteiger partial charge in [0, 0.05) is 30.7 Å². The molecule has 1 spiro atoms. The van der Waals surface area contributed by atoms with Crippen LogP contribution in [-0.2, 0) is 12.1 Å². The molecule has 2 aromatic carbocycles. The van der Waals surface area contributed by atoms with E-state index in [1.165, 1.54) is 30.4 Å². The zero-order valence-electron chi connectivity index (χ0n) is 21.5. The number of phenols is 1. The molecule has 0 bridgehead atoms. The van der Waals surface area contributed by atoms with Gasteiger partial charge in [-0.3, -0.25) is 14.7 Å². The third-order valence-corrected chi connectivity index (χ3v) is 9.20. The largest absolute Gasteiger partial charge is 0.508 e. The molecule has 3 aliphatic rings. The fraction of sp³-hybridized carbons (Fsp3) is 0.586. The molecule has 3 fully saturated rings. The number of nitrogens with zero attached hydrogens (tertiary/aromatic N) is 3. The molecule has 1 saturated heterocycles. The molecule has 5 rings (SSSR count). The summed E-state index contributed by atoms with van der Waals surface area (Å²) < 4.78 is 5.32. The van der Waals surface area contributed by atoms with Gasteiger partial charge in [-0.05, 0) is 93.9 Å². The molecule has 1 aliphatic heterocycles. The Balaban J connectivity index is 1.38. The van der Waals surface area contributed by atoms with E-state index in [1.807, 2.05) is 24.3 Å². The van der Waals surface area contributed by atoms with Crippen LogP contribution in [0.4, 0.5) is 0 Å². The van der Waals surface area contributed by atoms with Crippen molar-refractivity contribution in [1.29, 1.82) is 0 Å². The van der Waals surface area contributed by atoms with Crippen molar-refractivity contribution in [3.8, 4) is 11.5 Å². The van der Waals surface area contributed by atoms with Crippen LogP contribution >= 0.6 is 0 Å². The van der Waals surface area contributed by atoms with Crippen LogP contribution in [0.1, 0.15) is 56.1 Å². The molecule has 35 heavy (non-hydrogen) atoms. The van der Waals surface area contributed by atoms with Crippen molar-refractivity contribution in [2.45, 2.75) is 68.9 Å². The summed E-state index contributed by atoms with van der Waals surface area (Å²) in [4.78, 5) is 7.09. The van der Waals surface area contributed by atoms with E-state index in [1.54, 1.807) is 7.11 Å². The highest BCUT2D eigenvalue weighted by Crippen LogP contribution is 2.50. The molecule has 190 valence electrons. The van der Waals surface area contributed by atoms with E-state index in [0.29, 0.717) is 11.7 Å². The standard InChI is InChI=1S/C29H41N3O3/c1-30(2)29(24-9-11-25(33)12-10-24)17-15-28(16-18-29)21-31(19-23-7-13-26(35-3)14-8-23)27(34)32(28)20-22-5-4-6-22/h7-14,22,27,33-34H,4-6,15-21H2,1-3H3/t27?,28-,29+. The van der Waals surface area contributed by atoms with Crippen molar-refractivity contribution in [1.82, 2.24) is 14.7 Å². The molecule has 1 heterocycles. The Hall–Kier alpha value is -2.12. The van der Waals surface area contributed by atoms with Gasteiger partial charge in [0.05, 0.1) is 7.11 Å². The average Bonchev–Trinajstić information content (AvgIpc) is 3.08. The monoisotopic (exact) mass is 479 g/mol. The Bertz CT molecular complexity index is 979. The number of methoxy groups -OCH3 is 1. The number of aliphatic hydroxyl groups is 1. The summed E-state index contributed by atoms with van der Waals surface area (Å²) in [6.07, 6.45) is 7.52. The normalized spacial score (nSPS) is 30.1. The molecule has 1 unspecified atom stereocenters. The van der Waals surface area contributed by atoms with Crippen molar-refractivity contribution in [3.05, 3.63) is 59.7 Å². The fourth-order valence-corrected chi connectivity index (χ4v) is 6.68. The van der Waals surface area contributed by atoms with Crippen LogP contribution < -0.4 is 4.74 Å². The number of phenolic OH excluding ortho intramolecular Hbond substituents is 1. The Morgan fingerprint density at radius 2 is 1.63 bits per heavy atom. The smallest absolute Gasteiger partial charge is 0.166 e. The second-order valence-corrected chi connectivity index (χ2v) is 11.2. The Morgan fingerprint density at radius 3 is 2.17 bits per heavy atom. The van der Waals surface area contributed by atoms with Gasteiger partial charge in [0.15, 0.2) is 6.35 Å². The molecule has 2 N–H and O–H groups in total. The van der Waals surface area contributed by atoms with Crippen molar-refractivity contribution < 1.29 is 14.9 Å². The maximum atomic E-state index is 11.6. The van der Waals surface area contributed by atoms with Gasteiger partial charge in [0.2, 0.25) is 0 Å². The number of aliphatic hydroxyl groups excluding tert-OH is 1. The Kier molecular flexibility index (Phi) is 6.83. The minimum absolute atomic E-state index is 0.00208. The first-order valence-corrected chi connectivity index (χ1v) is 13.1. The van der Waals surface area contributed by atoms with Crippen LogP contribution in [0.5, 0.6) is 11.5 Å². The number of hydrogen-bond donors (Lipinski definition) is 2. The molecule has 0 aromatic heterocycles. The van der Waals surface area contributed by atoms with Crippen molar-refractivity contribution in [2.24, 2.45) is 5.92 Å². The second-order valence-electron chi connectivity index (χ2n) is 11.2. The first kappa shape index (κ1) is 24.6. The highest BCUT2D eigenvalue weighted by molar-refractivity contribution is 5.32. The minimum Gasteiger partial charge on any atom is -0.508 e. The lowest BCUT2D eigenvalue weighted by molar-refractivity contribution is -0.104. The predicted molar refractivity (Wildman–Crippen MR) is 138 cm³/mol. The molecule has 0 radical (unpaired) electrons. The zero-order chi connectivity index (χ0) is 24.6. The summed E-state index contributed by atoms with van der Waals surface area (Å²) >= 11 is 0. The molecular formula is C29H41N3O3. The van der Waals surface area contributed by atoms with E-state index in [2.05, 4.69) is 53.1 Å². The van der Waals surface area contributed by atoms with Gasteiger partial charge in [-0.25, -0.2) is 0 Å². The van der Waals surface area contributed by atoms with Gasteiger partial charge >= 0.3 is 0 Å². The lowest BCUT2D eigenvalue weighted by Gasteiger charge is -2.52. The van der Waals surface area contributed by atoms with Gasteiger partial charge < -0.3 is 14.9 Å². The molecule has 0 amide bonds. The van der Waals surface area contributed by atoms with E-state index in [-0.39, 0.29) is 11.1 Å². The van der Waals surface area contributed by atoms with E-state index in [4.69, 9.17) is 4.74 Å². The third kappa shape index (κ3) is 4.57. The summed E-state index contributed by atoms with van der Waals surface area (Å²) in [6.45, 7) is 2.63. The van der Waals surface area contributed by atoms with Gasteiger partial charge in [0.25, 0.3) is 0 Å². The molecule has 1 atom stereocenters. The summed E-state index contributed by atoms with van der Waals surface area (Å²) in [6, 6.07) is 16.0. The number of ether oxygens (including phenoxy) is 1. The summed E-state index contributed by atoms with van der Waals surface area (Å²) in [5.74, 6) is 1.88. The lowest BCUT2D eigenvalue weighted by atomic mass is 9.68. The minimum atomic E-state index is -0.543. The van der Waals surface area contributed by atoms with E-state index >= 15 is 0 Å². The quantitative estimate of drug-likeness (QED) is 0.615. The van der Waals surface area contributed by atoms with E-state index in [0.717, 1.165) is 51.1 Å². The number of aromatic hydroxyl groups is 1. The van der Waals surface area contributed by atoms with Crippen LogP contribution in [0.3, 0.4) is 0 Å². The average molecular weight is 480 g/mol. The van der Waals surface area contributed by atoms with Crippen molar-refractivity contribution in [2.75, 3.05) is 34.3 Å². The van der Waals surface area contributed by atoms with Gasteiger partial charge in [-0.1, -0.05) is 30.7 Å². The topological polar surface area (TPSA) is 59.4 Å². The third-order valence-electron chi connectivity index (χ3n) is 9.20. The maximum Gasteiger partial charge on any atom is 0.166 e. The van der Waals surface area contributed by atoms with Crippen LogP contribution in [-0.4, -0.2) is 71.1 Å². The van der Waals surface area contributed by atoms with Gasteiger partial charge in [-0.15, -0.1) is 0 Å². The molecule has 6 nitrogen and oxygen atoms in total. The summed E-state index contributed by atoms with van der Waals surface area (Å²) in [5.41, 5.74) is 2.43. The first-order chi connectivity index (χ1) is 16.8. The summed E-state index contributed by atoms with van der Waals surface area (Å²) in [5, 5.41) is 21.4. The van der Waals surface area contributed by atoms with Crippen LogP contribution in [0.25, 0.3) is 0 Å². The number of benzene rings is 2. The predicted octanol–water partition coefficient (Wildman–Crippen LogP) is 4.36. The SMILES string of the molecule is COc1ccc(CN2C[C@]3(CC[C@](c4ccc(O)cc4)(N(C)C)CC3)N(CC3CCC3)C2O)cc1. The number of hydrogen-bond acceptors (Lipinski definition) is 6. The molecule has 2 aliphatic carbocycles. The van der Waals surface area contributed by atoms with E-state index in [9.17, 15) is 10.2 Å². The highest BCUT2D eigenvalue weighted by atomic mass is 16.5. The van der Waals surface area contributed by atoms with E-state index < -0.39 is 6.35 Å². The van der Waals surface area contributed by atoms with Crippen molar-refractivity contribution >= 4 is 0 Å². The maximum absolute atomic E-state index is 11.6. The second kappa shape index (κ2) is 9.74. The van der Waals surface area contributed by atoms with Gasteiger partial charge in [0.1, 0.15) is 11.5 Å².